The number of rotatable bonds is 7. The Morgan fingerprint density at radius 1 is 0.893 bits per heavy atom. The molecule has 1 amide bonds. The minimum atomic E-state index is -0.0353. The average Bonchev–Trinajstić information content (AvgIpc) is 3.20. The molecule has 4 rings (SSSR count). The molecule has 0 saturated heterocycles. The monoisotopic (exact) mass is 376 g/mol. The second-order valence-corrected chi connectivity index (χ2v) is 7.91. The summed E-state index contributed by atoms with van der Waals surface area (Å²) < 4.78 is 0. The predicted molar refractivity (Wildman–Crippen MR) is 110 cm³/mol. The molecule has 0 bridgehead atoms. The van der Waals surface area contributed by atoms with Crippen LogP contribution in [-0.4, -0.2) is 36.2 Å². The first-order valence-corrected chi connectivity index (χ1v) is 10.4. The lowest BCUT2D eigenvalue weighted by Crippen LogP contribution is -2.37. The van der Waals surface area contributed by atoms with Crippen molar-refractivity contribution in [3.05, 3.63) is 70.3 Å². The third-order valence-corrected chi connectivity index (χ3v) is 5.96. The van der Waals surface area contributed by atoms with Crippen LogP contribution < -0.4 is 5.32 Å². The van der Waals surface area contributed by atoms with Crippen LogP contribution in [0.25, 0.3) is 0 Å². The van der Waals surface area contributed by atoms with Crippen molar-refractivity contribution >= 4 is 11.7 Å². The molecule has 0 aromatic heterocycles. The van der Waals surface area contributed by atoms with Crippen LogP contribution in [0.1, 0.15) is 51.9 Å². The van der Waals surface area contributed by atoms with E-state index >= 15 is 0 Å². The highest BCUT2D eigenvalue weighted by Gasteiger charge is 2.17. The van der Waals surface area contributed by atoms with Gasteiger partial charge in [-0.15, -0.1) is 0 Å². The van der Waals surface area contributed by atoms with Crippen LogP contribution in [-0.2, 0) is 30.6 Å². The number of Topliss-reactive ketones (excluding diaryl/α,β-unsaturated/α-hetero) is 1. The van der Waals surface area contributed by atoms with Gasteiger partial charge in [-0.2, -0.15) is 0 Å². The van der Waals surface area contributed by atoms with Crippen molar-refractivity contribution in [3.8, 4) is 0 Å². The standard InChI is InChI=1S/C24H28N2O2/c27-23(21-9-8-18-6-3-7-20(18)16-21)10-11-24(28)25-13-15-26-14-12-19-4-1-2-5-22(19)17-26/h1-2,4-5,8-9,16H,3,6-7,10-15,17H2,(H,25,28). The zero-order valence-corrected chi connectivity index (χ0v) is 16.4. The fourth-order valence-corrected chi connectivity index (χ4v) is 4.30. The van der Waals surface area contributed by atoms with E-state index in [0.717, 1.165) is 44.5 Å². The van der Waals surface area contributed by atoms with E-state index in [1.54, 1.807) is 0 Å². The number of amides is 1. The number of nitrogens with zero attached hydrogens (tertiary/aromatic N) is 1. The molecule has 1 aliphatic carbocycles. The Hall–Kier alpha value is -2.46. The Balaban J connectivity index is 1.18. The maximum atomic E-state index is 12.4. The van der Waals surface area contributed by atoms with Crippen LogP contribution in [0.4, 0.5) is 0 Å². The van der Waals surface area contributed by atoms with Gasteiger partial charge in [0, 0.05) is 44.6 Å². The molecule has 1 heterocycles. The minimum absolute atomic E-state index is 0.0353. The molecule has 0 spiro atoms. The molecule has 4 heteroatoms. The number of carbonyl (C=O) groups excluding carboxylic acids is 2. The Kier molecular flexibility index (Phi) is 5.87. The predicted octanol–water partition coefficient (Wildman–Crippen LogP) is 3.31. The molecule has 0 atom stereocenters. The van der Waals surface area contributed by atoms with E-state index in [0.29, 0.717) is 6.54 Å². The first-order chi connectivity index (χ1) is 13.7. The molecule has 1 aliphatic heterocycles. The van der Waals surface area contributed by atoms with Gasteiger partial charge < -0.3 is 5.32 Å². The maximum Gasteiger partial charge on any atom is 0.220 e. The third kappa shape index (κ3) is 4.50. The quantitative estimate of drug-likeness (QED) is 0.754. The van der Waals surface area contributed by atoms with E-state index in [4.69, 9.17) is 0 Å². The molecular formula is C24H28N2O2. The average molecular weight is 377 g/mol. The zero-order valence-electron chi connectivity index (χ0n) is 16.4. The summed E-state index contributed by atoms with van der Waals surface area (Å²) in [4.78, 5) is 26.9. The van der Waals surface area contributed by atoms with Gasteiger partial charge in [0.25, 0.3) is 0 Å². The Bertz CT molecular complexity index is 875. The van der Waals surface area contributed by atoms with Gasteiger partial charge in [0.05, 0.1) is 0 Å². The summed E-state index contributed by atoms with van der Waals surface area (Å²) in [6.07, 6.45) is 4.98. The van der Waals surface area contributed by atoms with Gasteiger partial charge in [0.2, 0.25) is 5.91 Å². The van der Waals surface area contributed by atoms with E-state index in [9.17, 15) is 9.59 Å². The molecule has 2 aromatic carbocycles. The number of fused-ring (bicyclic) bond motifs is 2. The highest BCUT2D eigenvalue weighted by Crippen LogP contribution is 2.23. The van der Waals surface area contributed by atoms with Crippen LogP contribution in [0.2, 0.25) is 0 Å². The zero-order chi connectivity index (χ0) is 19.3. The number of benzene rings is 2. The first-order valence-electron chi connectivity index (χ1n) is 10.4. The summed E-state index contributed by atoms with van der Waals surface area (Å²) >= 11 is 0. The molecule has 2 aliphatic rings. The van der Waals surface area contributed by atoms with E-state index < -0.39 is 0 Å². The van der Waals surface area contributed by atoms with Gasteiger partial charge in [0.1, 0.15) is 0 Å². The Morgan fingerprint density at radius 2 is 1.68 bits per heavy atom. The highest BCUT2D eigenvalue weighted by atomic mass is 16.2. The van der Waals surface area contributed by atoms with Crippen LogP contribution in [0.5, 0.6) is 0 Å². The van der Waals surface area contributed by atoms with Gasteiger partial charge in [-0.05, 0) is 54.0 Å². The largest absolute Gasteiger partial charge is 0.355 e. The SMILES string of the molecule is O=C(CCC(=O)c1ccc2c(c1)CCC2)NCCN1CCc2ccccc2C1. The van der Waals surface area contributed by atoms with Crippen LogP contribution in [0, 0.1) is 0 Å². The normalized spacial score (nSPS) is 15.7. The lowest BCUT2D eigenvalue weighted by atomic mass is 10.00. The second-order valence-electron chi connectivity index (χ2n) is 7.91. The topological polar surface area (TPSA) is 49.4 Å². The van der Waals surface area contributed by atoms with Crippen LogP contribution in [0.15, 0.2) is 42.5 Å². The minimum Gasteiger partial charge on any atom is -0.355 e. The first kappa shape index (κ1) is 18.9. The molecule has 28 heavy (non-hydrogen) atoms. The van der Waals surface area contributed by atoms with E-state index in [1.165, 1.54) is 28.7 Å². The van der Waals surface area contributed by atoms with Crippen molar-refractivity contribution in [1.29, 1.82) is 0 Å². The van der Waals surface area contributed by atoms with Crippen LogP contribution >= 0.6 is 0 Å². The van der Waals surface area contributed by atoms with E-state index in [1.807, 2.05) is 12.1 Å². The highest BCUT2D eigenvalue weighted by molar-refractivity contribution is 5.98. The molecule has 0 fully saturated rings. The number of aryl methyl sites for hydroxylation is 2. The summed E-state index contributed by atoms with van der Waals surface area (Å²) in [6.45, 7) is 3.46. The molecule has 4 nitrogen and oxygen atoms in total. The van der Waals surface area contributed by atoms with E-state index in [-0.39, 0.29) is 24.5 Å². The molecule has 0 radical (unpaired) electrons. The second kappa shape index (κ2) is 8.70. The lowest BCUT2D eigenvalue weighted by molar-refractivity contribution is -0.121. The molecule has 0 unspecified atom stereocenters. The number of ketones is 1. The molecule has 0 saturated carbocycles. The molecule has 2 aromatic rings. The van der Waals surface area contributed by atoms with Crippen molar-refractivity contribution in [3.63, 3.8) is 0 Å². The fraction of sp³-hybridized carbons (Fsp3) is 0.417. The van der Waals surface area contributed by atoms with E-state index in [2.05, 4.69) is 40.5 Å². The summed E-state index contributed by atoms with van der Waals surface area (Å²) in [7, 11) is 0. The molecule has 1 N–H and O–H groups in total. The van der Waals surface area contributed by atoms with Gasteiger partial charge in [0.15, 0.2) is 5.78 Å². The summed E-state index contributed by atoms with van der Waals surface area (Å²) in [5, 5.41) is 2.97. The van der Waals surface area contributed by atoms with Crippen molar-refractivity contribution in [1.82, 2.24) is 10.2 Å². The summed E-state index contributed by atoms with van der Waals surface area (Å²) in [5.74, 6) is 0.0319. The third-order valence-electron chi connectivity index (χ3n) is 5.96. The molecular weight excluding hydrogens is 348 g/mol. The van der Waals surface area contributed by atoms with Crippen LogP contribution in [0.3, 0.4) is 0 Å². The van der Waals surface area contributed by atoms with Crippen molar-refractivity contribution in [2.75, 3.05) is 19.6 Å². The van der Waals surface area contributed by atoms with Crippen molar-refractivity contribution in [2.45, 2.75) is 45.1 Å². The van der Waals surface area contributed by atoms with Gasteiger partial charge in [-0.1, -0.05) is 36.4 Å². The fourth-order valence-electron chi connectivity index (χ4n) is 4.30. The summed E-state index contributed by atoms with van der Waals surface area (Å²) in [5.41, 5.74) is 6.25. The molecule has 146 valence electrons. The van der Waals surface area contributed by atoms with Gasteiger partial charge in [-0.3, -0.25) is 14.5 Å². The Labute approximate surface area is 166 Å². The van der Waals surface area contributed by atoms with Crippen molar-refractivity contribution in [2.24, 2.45) is 0 Å². The smallest absolute Gasteiger partial charge is 0.220 e. The summed E-state index contributed by atoms with van der Waals surface area (Å²) in [6, 6.07) is 14.6. The van der Waals surface area contributed by atoms with Gasteiger partial charge >= 0.3 is 0 Å². The van der Waals surface area contributed by atoms with Crippen molar-refractivity contribution < 1.29 is 9.59 Å². The number of carbonyl (C=O) groups is 2. The lowest BCUT2D eigenvalue weighted by Gasteiger charge is -2.28. The number of nitrogens with one attached hydrogen (secondary N) is 1. The van der Waals surface area contributed by atoms with Gasteiger partial charge in [-0.25, -0.2) is 0 Å². The maximum absolute atomic E-state index is 12.4. The number of hydrogen-bond donors (Lipinski definition) is 1. The number of hydrogen-bond acceptors (Lipinski definition) is 3. The Morgan fingerprint density at radius 3 is 2.57 bits per heavy atom.